The molecule has 0 aliphatic rings. The lowest BCUT2D eigenvalue weighted by Gasteiger charge is -2.17. The van der Waals surface area contributed by atoms with Gasteiger partial charge in [-0.25, -0.2) is 9.97 Å². The van der Waals surface area contributed by atoms with Gasteiger partial charge < -0.3 is 10.6 Å². The molecule has 1 heterocycles. The van der Waals surface area contributed by atoms with E-state index < -0.39 is 0 Å². The Hall–Kier alpha value is -1.49. The molecule has 0 aliphatic heterocycles. The van der Waals surface area contributed by atoms with Crippen molar-refractivity contribution in [3.8, 4) is 0 Å². The average Bonchev–Trinajstić information content (AvgIpc) is 2.37. The largest absolute Gasteiger partial charge is 0.352 e. The SMILES string of the molecule is CCCC(C)NC(=O)C(C)NCc1ccncn1. The number of hydrogen-bond acceptors (Lipinski definition) is 4. The van der Waals surface area contributed by atoms with Gasteiger partial charge in [0.05, 0.1) is 11.7 Å². The number of hydrogen-bond donors (Lipinski definition) is 2. The number of nitrogens with zero attached hydrogens (tertiary/aromatic N) is 2. The van der Waals surface area contributed by atoms with E-state index in [9.17, 15) is 4.79 Å². The Labute approximate surface area is 108 Å². The molecule has 2 atom stereocenters. The van der Waals surface area contributed by atoms with Crippen LogP contribution in [0.5, 0.6) is 0 Å². The Morgan fingerprint density at radius 1 is 1.44 bits per heavy atom. The molecular weight excluding hydrogens is 228 g/mol. The van der Waals surface area contributed by atoms with E-state index in [2.05, 4.69) is 27.5 Å². The quantitative estimate of drug-likeness (QED) is 0.764. The number of aromatic nitrogens is 2. The molecule has 0 aromatic carbocycles. The first kappa shape index (κ1) is 14.6. The molecule has 1 amide bonds. The highest BCUT2D eigenvalue weighted by Gasteiger charge is 2.14. The molecule has 0 aliphatic carbocycles. The van der Waals surface area contributed by atoms with Crippen LogP contribution < -0.4 is 10.6 Å². The van der Waals surface area contributed by atoms with Gasteiger partial charge in [0.25, 0.3) is 0 Å². The summed E-state index contributed by atoms with van der Waals surface area (Å²) in [5.74, 6) is 0.0324. The summed E-state index contributed by atoms with van der Waals surface area (Å²) in [6, 6.07) is 1.84. The van der Waals surface area contributed by atoms with E-state index >= 15 is 0 Å². The molecule has 2 unspecified atom stereocenters. The zero-order chi connectivity index (χ0) is 13.4. The first-order valence-corrected chi connectivity index (χ1v) is 6.42. The van der Waals surface area contributed by atoms with Gasteiger partial charge in [-0.05, 0) is 26.3 Å². The third-order valence-corrected chi connectivity index (χ3v) is 2.74. The van der Waals surface area contributed by atoms with Gasteiger partial charge in [-0.2, -0.15) is 0 Å². The third-order valence-electron chi connectivity index (χ3n) is 2.74. The summed E-state index contributed by atoms with van der Waals surface area (Å²) in [6.45, 7) is 6.56. The topological polar surface area (TPSA) is 66.9 Å². The number of amides is 1. The highest BCUT2D eigenvalue weighted by molar-refractivity contribution is 5.81. The third kappa shape index (κ3) is 5.23. The minimum absolute atomic E-state index is 0.0324. The van der Waals surface area contributed by atoms with Gasteiger partial charge in [0.15, 0.2) is 0 Å². The smallest absolute Gasteiger partial charge is 0.237 e. The molecular formula is C13H22N4O. The van der Waals surface area contributed by atoms with E-state index in [1.165, 1.54) is 6.33 Å². The second-order valence-corrected chi connectivity index (χ2v) is 4.50. The van der Waals surface area contributed by atoms with Crippen molar-refractivity contribution < 1.29 is 4.79 Å². The summed E-state index contributed by atoms with van der Waals surface area (Å²) in [7, 11) is 0. The Morgan fingerprint density at radius 2 is 2.22 bits per heavy atom. The van der Waals surface area contributed by atoms with E-state index in [4.69, 9.17) is 0 Å². The van der Waals surface area contributed by atoms with Crippen molar-refractivity contribution >= 4 is 5.91 Å². The van der Waals surface area contributed by atoms with Crippen LogP contribution in [0.2, 0.25) is 0 Å². The molecule has 1 aromatic heterocycles. The van der Waals surface area contributed by atoms with Crippen LogP contribution in [0.4, 0.5) is 0 Å². The minimum Gasteiger partial charge on any atom is -0.352 e. The van der Waals surface area contributed by atoms with E-state index in [0.717, 1.165) is 18.5 Å². The minimum atomic E-state index is -0.223. The van der Waals surface area contributed by atoms with Crippen molar-refractivity contribution in [1.82, 2.24) is 20.6 Å². The summed E-state index contributed by atoms with van der Waals surface area (Å²) in [4.78, 5) is 19.8. The van der Waals surface area contributed by atoms with Gasteiger partial charge in [-0.1, -0.05) is 13.3 Å². The van der Waals surface area contributed by atoms with Crippen molar-refractivity contribution in [2.45, 2.75) is 52.2 Å². The van der Waals surface area contributed by atoms with Crippen LogP contribution in [-0.4, -0.2) is 28.0 Å². The van der Waals surface area contributed by atoms with Gasteiger partial charge in [-0.15, -0.1) is 0 Å². The maximum Gasteiger partial charge on any atom is 0.237 e. The lowest BCUT2D eigenvalue weighted by molar-refractivity contribution is -0.123. The maximum atomic E-state index is 11.8. The van der Waals surface area contributed by atoms with Gasteiger partial charge >= 0.3 is 0 Å². The van der Waals surface area contributed by atoms with Crippen LogP contribution in [0.25, 0.3) is 0 Å². The molecule has 0 radical (unpaired) electrons. The van der Waals surface area contributed by atoms with E-state index in [-0.39, 0.29) is 18.0 Å². The lowest BCUT2D eigenvalue weighted by Crippen LogP contribution is -2.45. The molecule has 0 fully saturated rings. The van der Waals surface area contributed by atoms with Crippen molar-refractivity contribution in [3.63, 3.8) is 0 Å². The second kappa shape index (κ2) is 7.76. The van der Waals surface area contributed by atoms with Crippen LogP contribution in [0, 0.1) is 0 Å². The fourth-order valence-electron chi connectivity index (χ4n) is 1.65. The fraction of sp³-hybridized carbons (Fsp3) is 0.615. The van der Waals surface area contributed by atoms with Gasteiger partial charge in [-0.3, -0.25) is 4.79 Å². The molecule has 0 saturated carbocycles. The van der Waals surface area contributed by atoms with Crippen molar-refractivity contribution in [1.29, 1.82) is 0 Å². The molecule has 100 valence electrons. The summed E-state index contributed by atoms with van der Waals surface area (Å²) in [6.07, 6.45) is 5.28. The maximum absolute atomic E-state index is 11.8. The summed E-state index contributed by atoms with van der Waals surface area (Å²) < 4.78 is 0. The van der Waals surface area contributed by atoms with Crippen LogP contribution in [0.1, 0.15) is 39.3 Å². The van der Waals surface area contributed by atoms with Crippen LogP contribution >= 0.6 is 0 Å². The highest BCUT2D eigenvalue weighted by Crippen LogP contribution is 1.97. The van der Waals surface area contributed by atoms with Crippen molar-refractivity contribution in [2.24, 2.45) is 0 Å². The Bertz CT molecular complexity index is 355. The van der Waals surface area contributed by atoms with Gasteiger partial charge in [0, 0.05) is 18.8 Å². The zero-order valence-corrected chi connectivity index (χ0v) is 11.3. The highest BCUT2D eigenvalue weighted by atomic mass is 16.2. The molecule has 1 rings (SSSR count). The molecule has 0 spiro atoms. The van der Waals surface area contributed by atoms with E-state index in [1.807, 2.05) is 19.9 Å². The normalized spacial score (nSPS) is 13.9. The van der Waals surface area contributed by atoms with E-state index in [0.29, 0.717) is 6.54 Å². The van der Waals surface area contributed by atoms with Gasteiger partial charge in [0.2, 0.25) is 5.91 Å². The molecule has 0 bridgehead atoms. The van der Waals surface area contributed by atoms with Crippen LogP contribution in [0.15, 0.2) is 18.6 Å². The van der Waals surface area contributed by atoms with E-state index in [1.54, 1.807) is 6.20 Å². The number of rotatable bonds is 7. The molecule has 18 heavy (non-hydrogen) atoms. The number of nitrogens with one attached hydrogen (secondary N) is 2. The van der Waals surface area contributed by atoms with Crippen molar-refractivity contribution in [2.75, 3.05) is 0 Å². The number of carbonyl (C=O) groups is 1. The van der Waals surface area contributed by atoms with Crippen LogP contribution in [-0.2, 0) is 11.3 Å². The molecule has 2 N–H and O–H groups in total. The summed E-state index contributed by atoms with van der Waals surface area (Å²) in [5.41, 5.74) is 0.881. The first-order valence-electron chi connectivity index (χ1n) is 6.42. The summed E-state index contributed by atoms with van der Waals surface area (Å²) >= 11 is 0. The first-order chi connectivity index (χ1) is 8.63. The zero-order valence-electron chi connectivity index (χ0n) is 11.3. The molecule has 0 saturated heterocycles. The molecule has 1 aromatic rings. The Balaban J connectivity index is 2.32. The second-order valence-electron chi connectivity index (χ2n) is 4.50. The summed E-state index contributed by atoms with van der Waals surface area (Å²) in [5, 5.41) is 6.13. The predicted octanol–water partition coefficient (Wildman–Crippen LogP) is 1.26. The Kier molecular flexibility index (Phi) is 6.28. The predicted molar refractivity (Wildman–Crippen MR) is 70.8 cm³/mol. The van der Waals surface area contributed by atoms with Crippen molar-refractivity contribution in [3.05, 3.63) is 24.3 Å². The molecule has 5 heteroatoms. The average molecular weight is 250 g/mol. The molecule has 5 nitrogen and oxygen atoms in total. The Morgan fingerprint density at radius 3 is 2.83 bits per heavy atom. The van der Waals surface area contributed by atoms with Gasteiger partial charge in [0.1, 0.15) is 6.33 Å². The number of carbonyl (C=O) groups excluding carboxylic acids is 1. The fourth-order valence-corrected chi connectivity index (χ4v) is 1.65. The standard InChI is InChI=1S/C13H22N4O/c1-4-5-10(2)17-13(18)11(3)15-8-12-6-7-14-9-16-12/h6-7,9-11,15H,4-5,8H2,1-3H3,(H,17,18). The lowest BCUT2D eigenvalue weighted by atomic mass is 10.2. The van der Waals surface area contributed by atoms with Crippen LogP contribution in [0.3, 0.4) is 0 Å². The monoisotopic (exact) mass is 250 g/mol.